The van der Waals surface area contributed by atoms with E-state index < -0.39 is 0 Å². The predicted octanol–water partition coefficient (Wildman–Crippen LogP) is 3.74. The van der Waals surface area contributed by atoms with Gasteiger partial charge >= 0.3 is 0 Å². The zero-order valence-corrected chi connectivity index (χ0v) is 15.4. The summed E-state index contributed by atoms with van der Waals surface area (Å²) in [5.74, 6) is 2.43. The van der Waals surface area contributed by atoms with Crippen LogP contribution >= 0.6 is 23.1 Å². The lowest BCUT2D eigenvalue weighted by atomic mass is 10.2. The van der Waals surface area contributed by atoms with Gasteiger partial charge in [0.2, 0.25) is 5.88 Å². The maximum Gasteiger partial charge on any atom is 0.259 e. The van der Waals surface area contributed by atoms with E-state index in [2.05, 4.69) is 20.3 Å². The molecule has 1 aliphatic rings. The zero-order valence-electron chi connectivity index (χ0n) is 13.8. The van der Waals surface area contributed by atoms with Crippen molar-refractivity contribution in [2.24, 2.45) is 0 Å². The minimum absolute atomic E-state index is 0.216. The van der Waals surface area contributed by atoms with E-state index >= 15 is 0 Å². The molecule has 1 aliphatic heterocycles. The largest absolute Gasteiger partial charge is 0.473 e. The fourth-order valence-electron chi connectivity index (χ4n) is 2.51. The van der Waals surface area contributed by atoms with Gasteiger partial charge < -0.3 is 4.74 Å². The van der Waals surface area contributed by atoms with Crippen molar-refractivity contribution in [1.29, 1.82) is 0 Å². The molecule has 3 aromatic heterocycles. The van der Waals surface area contributed by atoms with Gasteiger partial charge in [-0.1, -0.05) is 0 Å². The van der Waals surface area contributed by atoms with Crippen LogP contribution in [0.3, 0.4) is 0 Å². The molecule has 3 aromatic rings. The highest BCUT2D eigenvalue weighted by Crippen LogP contribution is 2.25. The lowest BCUT2D eigenvalue weighted by Crippen LogP contribution is -2.16. The third-order valence-corrected chi connectivity index (χ3v) is 5.75. The van der Waals surface area contributed by atoms with Crippen LogP contribution in [-0.4, -0.2) is 38.5 Å². The number of amides is 1. The number of nitrogens with zero attached hydrogens (tertiary/aromatic N) is 3. The second kappa shape index (κ2) is 7.84. The number of hydrogen-bond donors (Lipinski definition) is 1. The van der Waals surface area contributed by atoms with Gasteiger partial charge in [0.05, 0.1) is 11.3 Å². The Bertz CT molecular complexity index is 878. The van der Waals surface area contributed by atoms with E-state index in [0.717, 1.165) is 29.2 Å². The number of carbonyl (C=O) groups is 1. The van der Waals surface area contributed by atoms with Gasteiger partial charge in [0, 0.05) is 41.4 Å². The van der Waals surface area contributed by atoms with Crippen molar-refractivity contribution < 1.29 is 9.53 Å². The average molecular weight is 384 g/mol. The minimum atomic E-state index is -0.243. The Kier molecular flexibility index (Phi) is 5.12. The summed E-state index contributed by atoms with van der Waals surface area (Å²) in [4.78, 5) is 25.1. The first-order valence-electron chi connectivity index (χ1n) is 8.16. The molecule has 8 heteroatoms. The third-order valence-electron chi connectivity index (χ3n) is 3.86. The molecule has 4 rings (SSSR count). The third kappa shape index (κ3) is 4.03. The smallest absolute Gasteiger partial charge is 0.259 e. The van der Waals surface area contributed by atoms with Gasteiger partial charge in [-0.15, -0.1) is 11.3 Å². The average Bonchev–Trinajstić information content (AvgIpc) is 3.35. The highest BCUT2D eigenvalue weighted by atomic mass is 32.2. The number of ether oxygens (including phenoxy) is 1. The van der Waals surface area contributed by atoms with Crippen LogP contribution in [-0.2, 0) is 0 Å². The van der Waals surface area contributed by atoms with Gasteiger partial charge in [0.1, 0.15) is 6.10 Å². The van der Waals surface area contributed by atoms with Crippen molar-refractivity contribution in [3.8, 4) is 17.1 Å². The second-order valence-corrected chi connectivity index (χ2v) is 7.73. The molecule has 6 nitrogen and oxygen atoms in total. The lowest BCUT2D eigenvalue weighted by molar-refractivity contribution is 0.102. The number of nitrogens with one attached hydrogen (secondary N) is 1. The molecule has 1 unspecified atom stereocenters. The molecule has 0 radical (unpaired) electrons. The van der Waals surface area contributed by atoms with Crippen molar-refractivity contribution in [1.82, 2.24) is 15.0 Å². The monoisotopic (exact) mass is 384 g/mol. The summed E-state index contributed by atoms with van der Waals surface area (Å²) in [6, 6.07) is 7.24. The van der Waals surface area contributed by atoms with Crippen molar-refractivity contribution in [2.75, 3.05) is 16.8 Å². The Balaban J connectivity index is 1.39. The number of carbonyl (C=O) groups excluding carboxylic acids is 1. The van der Waals surface area contributed by atoms with E-state index in [1.165, 1.54) is 17.5 Å². The Labute approximate surface area is 159 Å². The van der Waals surface area contributed by atoms with Crippen LogP contribution in [0.4, 0.5) is 5.13 Å². The Hall–Kier alpha value is -2.45. The maximum absolute atomic E-state index is 12.4. The van der Waals surface area contributed by atoms with Crippen LogP contribution in [0.2, 0.25) is 0 Å². The molecule has 0 aromatic carbocycles. The van der Waals surface area contributed by atoms with E-state index in [9.17, 15) is 4.79 Å². The number of pyridine rings is 2. The summed E-state index contributed by atoms with van der Waals surface area (Å²) in [5.41, 5.74) is 2.17. The fraction of sp³-hybridized carbons (Fsp3) is 0.222. The molecule has 1 saturated heterocycles. The minimum Gasteiger partial charge on any atom is -0.473 e. The summed E-state index contributed by atoms with van der Waals surface area (Å²) in [6.45, 7) is 0. The van der Waals surface area contributed by atoms with Crippen molar-refractivity contribution in [3.63, 3.8) is 0 Å². The van der Waals surface area contributed by atoms with E-state index in [4.69, 9.17) is 4.74 Å². The molecule has 1 N–H and O–H groups in total. The van der Waals surface area contributed by atoms with Gasteiger partial charge in [-0.25, -0.2) is 9.97 Å². The molecule has 1 amide bonds. The van der Waals surface area contributed by atoms with E-state index in [1.807, 2.05) is 29.3 Å². The highest BCUT2D eigenvalue weighted by molar-refractivity contribution is 7.99. The fourth-order valence-corrected chi connectivity index (χ4v) is 4.32. The number of aromatic nitrogens is 3. The summed E-state index contributed by atoms with van der Waals surface area (Å²) in [5, 5.41) is 5.23. The Morgan fingerprint density at radius 1 is 1.27 bits per heavy atom. The van der Waals surface area contributed by atoms with Crippen LogP contribution < -0.4 is 10.1 Å². The van der Waals surface area contributed by atoms with Gasteiger partial charge in [-0.05, 0) is 30.4 Å². The van der Waals surface area contributed by atoms with Crippen molar-refractivity contribution in [2.45, 2.75) is 12.5 Å². The molecule has 0 aliphatic carbocycles. The van der Waals surface area contributed by atoms with Crippen LogP contribution in [0.5, 0.6) is 5.88 Å². The van der Waals surface area contributed by atoms with Crippen LogP contribution in [0.15, 0.2) is 48.2 Å². The van der Waals surface area contributed by atoms with E-state index in [-0.39, 0.29) is 12.0 Å². The molecule has 1 fully saturated rings. The first kappa shape index (κ1) is 17.0. The summed E-state index contributed by atoms with van der Waals surface area (Å²) in [7, 11) is 0. The first-order chi connectivity index (χ1) is 12.8. The summed E-state index contributed by atoms with van der Waals surface area (Å²) >= 11 is 3.26. The molecule has 132 valence electrons. The summed E-state index contributed by atoms with van der Waals surface area (Å²) < 4.78 is 5.80. The SMILES string of the molecule is O=C(Nc1nc(-c2cccnc2)cs1)c1ccc(OC2CCSC2)nc1. The predicted molar refractivity (Wildman–Crippen MR) is 104 cm³/mol. The van der Waals surface area contributed by atoms with Crippen LogP contribution in [0, 0.1) is 0 Å². The van der Waals surface area contributed by atoms with Crippen LogP contribution in [0.1, 0.15) is 16.8 Å². The molecule has 26 heavy (non-hydrogen) atoms. The molecular formula is C18H16N4O2S2. The number of hydrogen-bond acceptors (Lipinski definition) is 7. The normalized spacial score (nSPS) is 16.4. The van der Waals surface area contributed by atoms with Gasteiger partial charge in [0.25, 0.3) is 5.91 Å². The molecule has 0 saturated carbocycles. The van der Waals surface area contributed by atoms with E-state index in [0.29, 0.717) is 16.6 Å². The zero-order chi connectivity index (χ0) is 17.8. The van der Waals surface area contributed by atoms with E-state index in [1.54, 1.807) is 24.5 Å². The molecular weight excluding hydrogens is 368 g/mol. The van der Waals surface area contributed by atoms with Gasteiger partial charge in [-0.2, -0.15) is 11.8 Å². The van der Waals surface area contributed by atoms with Crippen molar-refractivity contribution >= 4 is 34.1 Å². The number of thiazole rings is 1. The first-order valence-corrected chi connectivity index (χ1v) is 10.2. The highest BCUT2D eigenvalue weighted by Gasteiger charge is 2.18. The molecule has 0 spiro atoms. The number of anilines is 1. The Morgan fingerprint density at radius 2 is 2.23 bits per heavy atom. The lowest BCUT2D eigenvalue weighted by Gasteiger charge is -2.11. The molecule has 4 heterocycles. The Morgan fingerprint density at radius 3 is 2.96 bits per heavy atom. The number of thioether (sulfide) groups is 1. The number of rotatable bonds is 5. The molecule has 0 bridgehead atoms. The van der Waals surface area contributed by atoms with Crippen LogP contribution in [0.25, 0.3) is 11.3 Å². The topological polar surface area (TPSA) is 77.0 Å². The van der Waals surface area contributed by atoms with Gasteiger partial charge in [-0.3, -0.25) is 15.1 Å². The summed E-state index contributed by atoms with van der Waals surface area (Å²) in [6.07, 6.45) is 6.24. The maximum atomic E-state index is 12.4. The molecule has 1 atom stereocenters. The van der Waals surface area contributed by atoms with Gasteiger partial charge in [0.15, 0.2) is 5.13 Å². The standard InChI is InChI=1S/C18H16N4O2S2/c23-17(13-3-4-16(20-9-13)24-14-5-7-25-10-14)22-18-21-15(11-26-18)12-2-1-6-19-8-12/h1-4,6,8-9,11,14H,5,7,10H2,(H,21,22,23). The van der Waals surface area contributed by atoms with Crippen molar-refractivity contribution in [3.05, 3.63) is 53.8 Å². The quantitative estimate of drug-likeness (QED) is 0.722. The second-order valence-electron chi connectivity index (χ2n) is 5.72.